The molecule has 0 bridgehead atoms. The van der Waals surface area contributed by atoms with Crippen LogP contribution in [0, 0.1) is 6.92 Å². The van der Waals surface area contributed by atoms with Crippen LogP contribution in [0.3, 0.4) is 0 Å². The van der Waals surface area contributed by atoms with E-state index in [0.717, 1.165) is 16.6 Å². The van der Waals surface area contributed by atoms with E-state index in [9.17, 15) is 4.79 Å². The second-order valence-electron chi connectivity index (χ2n) is 3.90. The molecule has 0 unspecified atom stereocenters. The van der Waals surface area contributed by atoms with Crippen molar-refractivity contribution in [1.29, 1.82) is 0 Å². The van der Waals surface area contributed by atoms with Gasteiger partial charge in [-0.05, 0) is 31.5 Å². The molecular formula is C13H13BrN2O. The van der Waals surface area contributed by atoms with Gasteiger partial charge >= 0.3 is 0 Å². The summed E-state index contributed by atoms with van der Waals surface area (Å²) in [6, 6.07) is 5.71. The van der Waals surface area contributed by atoms with Crippen LogP contribution in [-0.4, -0.2) is 15.6 Å². The van der Waals surface area contributed by atoms with Crippen molar-refractivity contribution in [3.8, 4) is 0 Å². The average Bonchev–Trinajstić information content (AvgIpc) is 2.76. The van der Waals surface area contributed by atoms with E-state index in [1.165, 1.54) is 0 Å². The highest BCUT2D eigenvalue weighted by molar-refractivity contribution is 9.10. The van der Waals surface area contributed by atoms with Gasteiger partial charge in [-0.2, -0.15) is 5.10 Å². The van der Waals surface area contributed by atoms with Gasteiger partial charge in [0.05, 0.1) is 11.8 Å². The van der Waals surface area contributed by atoms with Crippen LogP contribution in [0.1, 0.15) is 28.4 Å². The van der Waals surface area contributed by atoms with Gasteiger partial charge in [-0.3, -0.25) is 9.48 Å². The van der Waals surface area contributed by atoms with Crippen molar-refractivity contribution in [1.82, 2.24) is 9.78 Å². The Morgan fingerprint density at radius 1 is 1.47 bits per heavy atom. The number of carbonyl (C=O) groups is 1. The van der Waals surface area contributed by atoms with Gasteiger partial charge in [-0.1, -0.05) is 22.0 Å². The van der Waals surface area contributed by atoms with Gasteiger partial charge in [0.15, 0.2) is 5.78 Å². The summed E-state index contributed by atoms with van der Waals surface area (Å²) < 4.78 is 2.57. The van der Waals surface area contributed by atoms with Crippen LogP contribution in [0.5, 0.6) is 0 Å². The SMILES string of the molecule is CCn1cc(C(=O)c2ccc(C)cc2Br)cn1. The maximum Gasteiger partial charge on any atom is 0.197 e. The van der Waals surface area contributed by atoms with Crippen molar-refractivity contribution in [2.75, 3.05) is 0 Å². The molecule has 0 aliphatic carbocycles. The lowest BCUT2D eigenvalue weighted by molar-refractivity contribution is 0.103. The number of ketones is 1. The molecule has 4 heteroatoms. The number of nitrogens with zero attached hydrogens (tertiary/aromatic N) is 2. The molecule has 88 valence electrons. The van der Waals surface area contributed by atoms with Crippen molar-refractivity contribution < 1.29 is 4.79 Å². The first-order valence-electron chi connectivity index (χ1n) is 5.45. The van der Waals surface area contributed by atoms with Gasteiger partial charge in [-0.25, -0.2) is 0 Å². The lowest BCUT2D eigenvalue weighted by Gasteiger charge is -2.02. The number of halogens is 1. The summed E-state index contributed by atoms with van der Waals surface area (Å²) >= 11 is 3.42. The monoisotopic (exact) mass is 292 g/mol. The molecule has 17 heavy (non-hydrogen) atoms. The van der Waals surface area contributed by atoms with Crippen molar-refractivity contribution in [2.45, 2.75) is 20.4 Å². The number of rotatable bonds is 3. The van der Waals surface area contributed by atoms with Crippen LogP contribution in [0.25, 0.3) is 0 Å². The van der Waals surface area contributed by atoms with Gasteiger partial charge in [0.25, 0.3) is 0 Å². The van der Waals surface area contributed by atoms with Crippen molar-refractivity contribution in [3.63, 3.8) is 0 Å². The predicted octanol–water partition coefficient (Wildman–Crippen LogP) is 3.20. The van der Waals surface area contributed by atoms with E-state index < -0.39 is 0 Å². The van der Waals surface area contributed by atoms with Gasteiger partial charge in [-0.15, -0.1) is 0 Å². The topological polar surface area (TPSA) is 34.9 Å². The van der Waals surface area contributed by atoms with Crippen molar-refractivity contribution >= 4 is 21.7 Å². The number of carbonyl (C=O) groups excluding carboxylic acids is 1. The standard InChI is InChI=1S/C13H13BrN2O/c1-3-16-8-10(7-15-16)13(17)11-5-4-9(2)6-12(11)14/h4-8H,3H2,1-2H3. The van der Waals surface area contributed by atoms with E-state index in [-0.39, 0.29) is 5.78 Å². The molecule has 0 saturated heterocycles. The van der Waals surface area contributed by atoms with Gasteiger partial charge in [0, 0.05) is 22.8 Å². The largest absolute Gasteiger partial charge is 0.288 e. The third kappa shape index (κ3) is 2.47. The second-order valence-corrected chi connectivity index (χ2v) is 4.75. The third-order valence-electron chi connectivity index (χ3n) is 2.59. The summed E-state index contributed by atoms with van der Waals surface area (Å²) in [5.41, 5.74) is 2.42. The molecule has 0 atom stereocenters. The first-order chi connectivity index (χ1) is 8.11. The number of hydrogen-bond acceptors (Lipinski definition) is 2. The summed E-state index contributed by atoms with van der Waals surface area (Å²) in [4.78, 5) is 12.2. The predicted molar refractivity (Wildman–Crippen MR) is 70.2 cm³/mol. The molecule has 0 amide bonds. The van der Waals surface area contributed by atoms with E-state index in [0.29, 0.717) is 11.1 Å². The number of aromatic nitrogens is 2. The molecule has 0 radical (unpaired) electrons. The smallest absolute Gasteiger partial charge is 0.197 e. The summed E-state index contributed by atoms with van der Waals surface area (Å²) in [5, 5.41) is 4.11. The Morgan fingerprint density at radius 3 is 2.82 bits per heavy atom. The first-order valence-corrected chi connectivity index (χ1v) is 6.24. The fraction of sp³-hybridized carbons (Fsp3) is 0.231. The lowest BCUT2D eigenvalue weighted by atomic mass is 10.1. The Kier molecular flexibility index (Phi) is 3.43. The van der Waals surface area contributed by atoms with E-state index >= 15 is 0 Å². The first kappa shape index (κ1) is 12.0. The minimum absolute atomic E-state index is 0.00317. The van der Waals surface area contributed by atoms with Crippen molar-refractivity contribution in [2.24, 2.45) is 0 Å². The Balaban J connectivity index is 2.36. The molecule has 0 aliphatic rings. The van der Waals surface area contributed by atoms with Crippen LogP contribution >= 0.6 is 15.9 Å². The van der Waals surface area contributed by atoms with Gasteiger partial charge < -0.3 is 0 Å². The molecule has 0 fully saturated rings. The van der Waals surface area contributed by atoms with Crippen LogP contribution < -0.4 is 0 Å². The van der Waals surface area contributed by atoms with Crippen LogP contribution in [-0.2, 0) is 6.54 Å². The minimum Gasteiger partial charge on any atom is -0.288 e. The van der Waals surface area contributed by atoms with Crippen LogP contribution in [0.4, 0.5) is 0 Å². The maximum absolute atomic E-state index is 12.2. The van der Waals surface area contributed by atoms with Gasteiger partial charge in [0.2, 0.25) is 0 Å². The lowest BCUT2D eigenvalue weighted by Crippen LogP contribution is -2.01. The normalized spacial score (nSPS) is 10.5. The van der Waals surface area contributed by atoms with Crippen molar-refractivity contribution in [3.05, 3.63) is 51.8 Å². The number of benzene rings is 1. The zero-order valence-corrected chi connectivity index (χ0v) is 11.4. The molecule has 1 aromatic carbocycles. The highest BCUT2D eigenvalue weighted by Gasteiger charge is 2.14. The fourth-order valence-electron chi connectivity index (χ4n) is 1.61. The van der Waals surface area contributed by atoms with E-state index in [2.05, 4.69) is 21.0 Å². The fourth-order valence-corrected chi connectivity index (χ4v) is 2.29. The molecule has 0 N–H and O–H groups in total. The number of aryl methyl sites for hydroxylation is 2. The van der Waals surface area contributed by atoms with E-state index in [1.807, 2.05) is 32.0 Å². The molecule has 3 nitrogen and oxygen atoms in total. The second kappa shape index (κ2) is 4.84. The molecule has 0 spiro atoms. The molecule has 2 aromatic rings. The zero-order chi connectivity index (χ0) is 12.4. The minimum atomic E-state index is -0.00317. The zero-order valence-electron chi connectivity index (χ0n) is 9.77. The Morgan fingerprint density at radius 2 is 2.24 bits per heavy atom. The summed E-state index contributed by atoms with van der Waals surface area (Å²) in [7, 11) is 0. The summed E-state index contributed by atoms with van der Waals surface area (Å²) in [6.07, 6.45) is 3.38. The highest BCUT2D eigenvalue weighted by atomic mass is 79.9. The summed E-state index contributed by atoms with van der Waals surface area (Å²) in [5.74, 6) is -0.00317. The molecule has 2 rings (SSSR count). The summed E-state index contributed by atoms with van der Waals surface area (Å²) in [6.45, 7) is 4.75. The quantitative estimate of drug-likeness (QED) is 0.814. The average molecular weight is 293 g/mol. The van der Waals surface area contributed by atoms with Gasteiger partial charge in [0.1, 0.15) is 0 Å². The third-order valence-corrected chi connectivity index (χ3v) is 3.24. The maximum atomic E-state index is 12.2. The Labute approximate surface area is 109 Å². The molecule has 1 aromatic heterocycles. The number of hydrogen-bond donors (Lipinski definition) is 0. The van der Waals surface area contributed by atoms with E-state index in [1.54, 1.807) is 17.1 Å². The molecule has 0 saturated carbocycles. The Hall–Kier alpha value is -1.42. The Bertz CT molecular complexity index is 560. The molecule has 1 heterocycles. The molecule has 0 aliphatic heterocycles. The highest BCUT2D eigenvalue weighted by Crippen LogP contribution is 2.21. The molecular weight excluding hydrogens is 280 g/mol. The van der Waals surface area contributed by atoms with E-state index in [4.69, 9.17) is 0 Å². The van der Waals surface area contributed by atoms with Crippen LogP contribution in [0.15, 0.2) is 35.1 Å². The van der Waals surface area contributed by atoms with Crippen LogP contribution in [0.2, 0.25) is 0 Å².